The molecule has 0 saturated heterocycles. The molecule has 0 aliphatic heterocycles. The van der Waals surface area contributed by atoms with E-state index in [1.807, 2.05) is 45.0 Å². The molecule has 1 N–H and O–H groups in total. The number of hydrogen-bond acceptors (Lipinski definition) is 4. The van der Waals surface area contributed by atoms with Gasteiger partial charge in [0, 0.05) is 28.1 Å². The second-order valence-corrected chi connectivity index (χ2v) is 9.71. The average molecular weight is 498 g/mol. The van der Waals surface area contributed by atoms with Gasteiger partial charge in [0.05, 0.1) is 10.5 Å². The lowest BCUT2D eigenvalue weighted by Gasteiger charge is -2.12. The number of fused-ring (bicyclic) bond motifs is 1. The van der Waals surface area contributed by atoms with E-state index in [0.29, 0.717) is 45.2 Å². The summed E-state index contributed by atoms with van der Waals surface area (Å²) in [6, 6.07) is 16.9. The number of benzene rings is 3. The molecular formula is C27H28ClNO4S. The van der Waals surface area contributed by atoms with Crippen LogP contribution in [0.15, 0.2) is 70.0 Å². The van der Waals surface area contributed by atoms with Crippen LogP contribution in [0, 0.1) is 13.8 Å². The molecule has 178 valence electrons. The Hall–Kier alpha value is -3.09. The Morgan fingerprint density at radius 2 is 1.68 bits per heavy atom. The highest BCUT2D eigenvalue weighted by molar-refractivity contribution is 7.92. The van der Waals surface area contributed by atoms with Crippen molar-refractivity contribution in [2.24, 2.45) is 0 Å². The van der Waals surface area contributed by atoms with Crippen molar-refractivity contribution in [3.05, 3.63) is 93.7 Å². The number of rotatable bonds is 6. The Balaban J connectivity index is 0.00000158. The summed E-state index contributed by atoms with van der Waals surface area (Å²) in [7, 11) is -3.82. The first-order valence-electron chi connectivity index (χ1n) is 11.2. The Morgan fingerprint density at radius 3 is 2.32 bits per heavy atom. The van der Waals surface area contributed by atoms with Gasteiger partial charge >= 0.3 is 0 Å². The third-order valence-electron chi connectivity index (χ3n) is 5.39. The predicted molar refractivity (Wildman–Crippen MR) is 139 cm³/mol. The number of nitrogens with one attached hydrogen (secondary N) is 1. The Morgan fingerprint density at radius 1 is 0.971 bits per heavy atom. The van der Waals surface area contributed by atoms with E-state index in [1.54, 1.807) is 38.1 Å². The number of sulfonamides is 1. The summed E-state index contributed by atoms with van der Waals surface area (Å²) in [4.78, 5) is 13.5. The SMILES string of the molecule is CC.CCc1oc2ccccc2c1C(=O)c1ccc(NS(=O)(=O)c2ccc(C)c(Cl)c2)cc1C. The summed E-state index contributed by atoms with van der Waals surface area (Å²) in [5.74, 6) is 0.487. The first kappa shape index (κ1) is 25.5. The summed E-state index contributed by atoms with van der Waals surface area (Å²) >= 11 is 6.08. The lowest BCUT2D eigenvalue weighted by Crippen LogP contribution is -2.14. The number of hydrogen-bond donors (Lipinski definition) is 1. The topological polar surface area (TPSA) is 76.4 Å². The minimum Gasteiger partial charge on any atom is -0.460 e. The van der Waals surface area contributed by atoms with Gasteiger partial charge in [-0.05, 0) is 61.4 Å². The molecule has 0 atom stereocenters. The van der Waals surface area contributed by atoms with Gasteiger partial charge in [0.25, 0.3) is 10.0 Å². The van der Waals surface area contributed by atoms with Gasteiger partial charge in [-0.3, -0.25) is 9.52 Å². The van der Waals surface area contributed by atoms with Crippen LogP contribution >= 0.6 is 11.6 Å². The maximum atomic E-state index is 13.4. The van der Waals surface area contributed by atoms with Crippen molar-refractivity contribution in [2.45, 2.75) is 45.9 Å². The lowest BCUT2D eigenvalue weighted by atomic mass is 9.96. The van der Waals surface area contributed by atoms with E-state index in [2.05, 4.69) is 4.72 Å². The van der Waals surface area contributed by atoms with Gasteiger partial charge in [0.15, 0.2) is 5.78 Å². The summed E-state index contributed by atoms with van der Waals surface area (Å²) in [6.07, 6.45) is 0.589. The minimum atomic E-state index is -3.82. The zero-order valence-corrected chi connectivity index (χ0v) is 21.5. The number of carbonyl (C=O) groups excluding carboxylic acids is 1. The maximum Gasteiger partial charge on any atom is 0.261 e. The van der Waals surface area contributed by atoms with Crippen LogP contribution in [-0.2, 0) is 16.4 Å². The van der Waals surface area contributed by atoms with Gasteiger partial charge in [0.2, 0.25) is 0 Å². The highest BCUT2D eigenvalue weighted by Crippen LogP contribution is 2.30. The average Bonchev–Trinajstić information content (AvgIpc) is 3.20. The predicted octanol–water partition coefficient (Wildman–Crippen LogP) is 7.32. The fourth-order valence-electron chi connectivity index (χ4n) is 3.67. The van der Waals surface area contributed by atoms with Crippen LogP contribution in [-0.4, -0.2) is 14.2 Å². The van der Waals surface area contributed by atoms with E-state index in [1.165, 1.54) is 12.1 Å². The molecule has 0 aliphatic rings. The van der Waals surface area contributed by atoms with Crippen molar-refractivity contribution < 1.29 is 17.6 Å². The quantitative estimate of drug-likeness (QED) is 0.283. The minimum absolute atomic E-state index is 0.0726. The molecule has 0 radical (unpaired) electrons. The molecule has 7 heteroatoms. The Kier molecular flexibility index (Phi) is 7.85. The van der Waals surface area contributed by atoms with Gasteiger partial charge in [-0.15, -0.1) is 0 Å². The zero-order chi connectivity index (χ0) is 25.0. The fraction of sp³-hybridized carbons (Fsp3) is 0.222. The van der Waals surface area contributed by atoms with Gasteiger partial charge in [-0.2, -0.15) is 0 Å². The molecule has 0 aliphatic carbocycles. The van der Waals surface area contributed by atoms with Crippen molar-refractivity contribution in [2.75, 3.05) is 4.72 Å². The van der Waals surface area contributed by atoms with E-state index < -0.39 is 10.0 Å². The van der Waals surface area contributed by atoms with Crippen molar-refractivity contribution in [3.8, 4) is 0 Å². The molecular weight excluding hydrogens is 470 g/mol. The largest absolute Gasteiger partial charge is 0.460 e. The third kappa shape index (κ3) is 5.03. The number of para-hydroxylation sites is 1. The molecule has 0 bridgehead atoms. The fourth-order valence-corrected chi connectivity index (χ4v) is 4.99. The number of anilines is 1. The van der Waals surface area contributed by atoms with Crippen LogP contribution in [0.1, 0.15) is 53.6 Å². The summed E-state index contributed by atoms with van der Waals surface area (Å²) in [5, 5.41) is 1.15. The molecule has 5 nitrogen and oxygen atoms in total. The van der Waals surface area contributed by atoms with Crippen LogP contribution in [0.2, 0.25) is 5.02 Å². The molecule has 0 unspecified atom stereocenters. The van der Waals surface area contributed by atoms with Crippen LogP contribution in [0.3, 0.4) is 0 Å². The normalized spacial score (nSPS) is 11.1. The number of furan rings is 1. The van der Waals surface area contributed by atoms with Crippen molar-refractivity contribution >= 4 is 44.1 Å². The molecule has 4 aromatic rings. The Bertz CT molecular complexity index is 1460. The van der Waals surface area contributed by atoms with Gasteiger partial charge < -0.3 is 4.42 Å². The van der Waals surface area contributed by atoms with E-state index in [4.69, 9.17) is 16.0 Å². The number of ketones is 1. The monoisotopic (exact) mass is 497 g/mol. The number of aryl methyl sites for hydroxylation is 3. The van der Waals surface area contributed by atoms with Crippen LogP contribution in [0.5, 0.6) is 0 Å². The van der Waals surface area contributed by atoms with Gasteiger partial charge in [0.1, 0.15) is 11.3 Å². The molecule has 3 aromatic carbocycles. The van der Waals surface area contributed by atoms with Crippen LogP contribution < -0.4 is 4.72 Å². The van der Waals surface area contributed by atoms with Crippen molar-refractivity contribution in [3.63, 3.8) is 0 Å². The van der Waals surface area contributed by atoms with Crippen molar-refractivity contribution in [1.29, 1.82) is 0 Å². The van der Waals surface area contributed by atoms with E-state index in [-0.39, 0.29) is 10.7 Å². The molecule has 0 fully saturated rings. The Labute approximate surface area is 205 Å². The molecule has 34 heavy (non-hydrogen) atoms. The number of carbonyl (C=O) groups is 1. The number of halogens is 1. The first-order valence-corrected chi connectivity index (χ1v) is 13.0. The summed E-state index contributed by atoms with van der Waals surface area (Å²) < 4.78 is 33.9. The highest BCUT2D eigenvalue weighted by atomic mass is 35.5. The molecule has 0 amide bonds. The van der Waals surface area contributed by atoms with E-state index >= 15 is 0 Å². The lowest BCUT2D eigenvalue weighted by molar-refractivity contribution is 0.103. The molecule has 4 rings (SSSR count). The summed E-state index contributed by atoms with van der Waals surface area (Å²) in [6.45, 7) is 9.52. The highest BCUT2D eigenvalue weighted by Gasteiger charge is 2.23. The first-order chi connectivity index (χ1) is 16.2. The van der Waals surface area contributed by atoms with Crippen LogP contribution in [0.4, 0.5) is 5.69 Å². The van der Waals surface area contributed by atoms with E-state index in [0.717, 1.165) is 10.9 Å². The third-order valence-corrected chi connectivity index (χ3v) is 7.18. The molecule has 1 heterocycles. The smallest absolute Gasteiger partial charge is 0.261 e. The maximum absolute atomic E-state index is 13.4. The van der Waals surface area contributed by atoms with Crippen LogP contribution in [0.25, 0.3) is 11.0 Å². The van der Waals surface area contributed by atoms with E-state index in [9.17, 15) is 13.2 Å². The molecule has 0 saturated carbocycles. The summed E-state index contributed by atoms with van der Waals surface area (Å²) in [5.41, 5.74) is 3.53. The standard InChI is InChI=1S/C25H22ClNO4S.C2H6/c1-4-22-24(20-7-5-6-8-23(20)31-22)25(28)19-12-10-17(13-16(19)3)27-32(29,30)18-11-9-15(2)21(26)14-18;1-2/h5-14,27H,4H2,1-3H3;1-2H3. The molecule has 1 aromatic heterocycles. The van der Waals surface area contributed by atoms with Gasteiger partial charge in [-0.1, -0.05) is 56.6 Å². The second kappa shape index (κ2) is 10.5. The zero-order valence-electron chi connectivity index (χ0n) is 19.9. The van der Waals surface area contributed by atoms with Gasteiger partial charge in [-0.25, -0.2) is 8.42 Å². The second-order valence-electron chi connectivity index (χ2n) is 7.63. The molecule has 0 spiro atoms. The van der Waals surface area contributed by atoms with Crippen molar-refractivity contribution in [1.82, 2.24) is 0 Å².